The Hall–Kier alpha value is -3.63. The number of carbonyl (C=O) groups excluding carboxylic acids is 2. The van der Waals surface area contributed by atoms with Crippen LogP contribution in [-0.4, -0.2) is 83.8 Å². The van der Waals surface area contributed by atoms with Gasteiger partial charge < -0.3 is 26.1 Å². The number of amides is 2. The maximum absolute atomic E-state index is 13.0. The number of aromatic nitrogens is 3. The van der Waals surface area contributed by atoms with Gasteiger partial charge in [0.2, 0.25) is 0 Å². The van der Waals surface area contributed by atoms with Crippen LogP contribution in [0.2, 0.25) is 0 Å². The van der Waals surface area contributed by atoms with Crippen molar-refractivity contribution in [2.45, 2.75) is 24.5 Å². The Morgan fingerprint density at radius 3 is 2.86 bits per heavy atom. The van der Waals surface area contributed by atoms with Crippen molar-refractivity contribution >= 4 is 51.7 Å². The molecule has 14 nitrogen and oxygen atoms in total. The molecule has 4 rings (SSSR count). The number of anilines is 1. The Bertz CT molecular complexity index is 1290. The highest BCUT2D eigenvalue weighted by atomic mass is 32.2. The first kappa shape index (κ1) is 24.5. The summed E-state index contributed by atoms with van der Waals surface area (Å²) in [6, 6.07) is 0.567. The molecule has 0 spiro atoms. The number of carboxylic acid groups (broad SMARTS) is 1. The third-order valence-electron chi connectivity index (χ3n) is 5.36. The second-order valence-corrected chi connectivity index (χ2v) is 9.45. The van der Waals surface area contributed by atoms with E-state index in [2.05, 4.69) is 15.5 Å². The number of thioether (sulfide) groups is 1. The SMILES string of the molecule is CO/N=C(/C(=O)N[C@@H]1C(=O)N2C(C(=O)O)=C(Cn3ccc(=N)n3CCO)CS[C@@H]12)c1csc(N)n1. The number of nitrogens with two attached hydrogens (primary N) is 1. The number of thiazole rings is 1. The van der Waals surface area contributed by atoms with Crippen LogP contribution in [0, 0.1) is 5.41 Å². The fourth-order valence-electron chi connectivity index (χ4n) is 3.85. The van der Waals surface area contributed by atoms with Gasteiger partial charge >= 0.3 is 5.97 Å². The van der Waals surface area contributed by atoms with Gasteiger partial charge in [-0.3, -0.25) is 29.3 Å². The summed E-state index contributed by atoms with van der Waals surface area (Å²) in [7, 11) is 1.26. The zero-order valence-corrected chi connectivity index (χ0v) is 20.0. The number of nitrogens with zero attached hydrogens (tertiary/aromatic N) is 5. The molecule has 2 aromatic rings. The summed E-state index contributed by atoms with van der Waals surface area (Å²) in [5, 5.41) is 34.5. The van der Waals surface area contributed by atoms with Crippen molar-refractivity contribution in [2.75, 3.05) is 25.2 Å². The first-order valence-corrected chi connectivity index (χ1v) is 12.1. The van der Waals surface area contributed by atoms with E-state index in [9.17, 15) is 24.6 Å². The number of nitrogen functional groups attached to an aromatic ring is 1. The van der Waals surface area contributed by atoms with E-state index in [1.807, 2.05) is 0 Å². The summed E-state index contributed by atoms with van der Waals surface area (Å²) in [6.45, 7) is 0.108. The number of hydrogen-bond acceptors (Lipinski definition) is 11. The Kier molecular flexibility index (Phi) is 6.95. The van der Waals surface area contributed by atoms with Gasteiger partial charge in [-0.05, 0) is 11.6 Å². The lowest BCUT2D eigenvalue weighted by molar-refractivity contribution is -0.150. The molecule has 186 valence electrons. The highest BCUT2D eigenvalue weighted by Crippen LogP contribution is 2.40. The molecule has 0 unspecified atom stereocenters. The predicted molar refractivity (Wildman–Crippen MR) is 125 cm³/mol. The van der Waals surface area contributed by atoms with Gasteiger partial charge in [0, 0.05) is 17.3 Å². The third-order valence-corrected chi connectivity index (χ3v) is 7.37. The van der Waals surface area contributed by atoms with Crippen LogP contribution in [0.15, 0.2) is 34.1 Å². The van der Waals surface area contributed by atoms with Crippen LogP contribution in [0.4, 0.5) is 5.13 Å². The number of fused-ring (bicyclic) bond motifs is 1. The van der Waals surface area contributed by atoms with Gasteiger partial charge in [-0.2, -0.15) is 0 Å². The number of carbonyl (C=O) groups is 3. The van der Waals surface area contributed by atoms with Gasteiger partial charge in [0.25, 0.3) is 11.8 Å². The van der Waals surface area contributed by atoms with Crippen molar-refractivity contribution in [1.29, 1.82) is 5.41 Å². The molecule has 6 N–H and O–H groups in total. The number of β-lactam (4-membered cyclic amide) rings is 1. The van der Waals surface area contributed by atoms with E-state index in [0.717, 1.165) is 16.2 Å². The van der Waals surface area contributed by atoms with Crippen molar-refractivity contribution in [3.8, 4) is 0 Å². The molecule has 0 radical (unpaired) electrons. The minimum Gasteiger partial charge on any atom is -0.477 e. The standard InChI is InChI=1S/C19H22N8O6S2/c1-33-24-12(10-8-35-19(21)22-10)15(29)23-13-16(30)27-14(18(31)32)9(7-34-17(13)27)6-25-3-2-11(20)26(25)4-5-28/h2-3,8,13,17,20,28H,4-7H2,1H3,(H2,21,22)(H,23,29)(H,31,32)/b20-11?,24-12+/t13-,17+/m1/s1. The molecule has 0 aromatic carbocycles. The number of hydrogen-bond donors (Lipinski definition) is 5. The third kappa shape index (κ3) is 4.54. The maximum atomic E-state index is 13.0. The molecular formula is C19H22N8O6S2. The topological polar surface area (TPSA) is 201 Å². The van der Waals surface area contributed by atoms with Crippen LogP contribution in [0.3, 0.4) is 0 Å². The monoisotopic (exact) mass is 522 g/mol. The van der Waals surface area contributed by atoms with E-state index in [4.69, 9.17) is 16.0 Å². The van der Waals surface area contributed by atoms with Gasteiger partial charge in [-0.25, -0.2) is 9.78 Å². The highest BCUT2D eigenvalue weighted by molar-refractivity contribution is 8.00. The molecule has 4 heterocycles. The molecule has 2 aliphatic heterocycles. The molecule has 0 saturated carbocycles. The molecule has 1 saturated heterocycles. The van der Waals surface area contributed by atoms with E-state index >= 15 is 0 Å². The first-order chi connectivity index (χ1) is 16.8. The lowest BCUT2D eigenvalue weighted by atomic mass is 10.0. The number of aliphatic hydroxyl groups is 1. The predicted octanol–water partition coefficient (Wildman–Crippen LogP) is -1.41. The molecule has 0 aliphatic carbocycles. The maximum Gasteiger partial charge on any atom is 0.352 e. The average Bonchev–Trinajstić information content (AvgIpc) is 3.41. The normalized spacial score (nSPS) is 19.9. The van der Waals surface area contributed by atoms with Crippen molar-refractivity contribution in [2.24, 2.45) is 5.16 Å². The van der Waals surface area contributed by atoms with Crippen molar-refractivity contribution < 1.29 is 29.4 Å². The summed E-state index contributed by atoms with van der Waals surface area (Å²) in [5.41, 5.74) is 6.14. The van der Waals surface area contributed by atoms with E-state index in [1.165, 1.54) is 35.0 Å². The van der Waals surface area contributed by atoms with Crippen LogP contribution >= 0.6 is 23.1 Å². The Morgan fingerprint density at radius 1 is 1.46 bits per heavy atom. The molecule has 0 bridgehead atoms. The zero-order chi connectivity index (χ0) is 25.3. The van der Waals surface area contributed by atoms with Crippen LogP contribution in [0.1, 0.15) is 5.69 Å². The zero-order valence-electron chi connectivity index (χ0n) is 18.4. The number of rotatable bonds is 9. The fraction of sp³-hybridized carbons (Fsp3) is 0.368. The largest absolute Gasteiger partial charge is 0.477 e. The average molecular weight is 523 g/mol. The van der Waals surface area contributed by atoms with E-state index < -0.39 is 29.2 Å². The second-order valence-electron chi connectivity index (χ2n) is 7.46. The van der Waals surface area contributed by atoms with Gasteiger partial charge in [-0.15, -0.1) is 23.1 Å². The van der Waals surface area contributed by atoms with E-state index in [-0.39, 0.29) is 53.2 Å². The van der Waals surface area contributed by atoms with Crippen molar-refractivity contribution in [3.05, 3.63) is 40.1 Å². The molecule has 16 heteroatoms. The van der Waals surface area contributed by atoms with E-state index in [1.54, 1.807) is 10.9 Å². The van der Waals surface area contributed by atoms with Crippen LogP contribution < -0.4 is 16.5 Å². The highest BCUT2D eigenvalue weighted by Gasteiger charge is 2.54. The fourth-order valence-corrected chi connectivity index (χ4v) is 5.73. The van der Waals surface area contributed by atoms with Crippen molar-refractivity contribution in [3.63, 3.8) is 0 Å². The lowest BCUT2D eigenvalue weighted by Crippen LogP contribution is -2.71. The van der Waals surface area contributed by atoms with Crippen LogP contribution in [-0.2, 0) is 32.3 Å². The number of aliphatic carboxylic acids is 1. The second kappa shape index (κ2) is 9.93. The summed E-state index contributed by atoms with van der Waals surface area (Å²) < 4.78 is 3.13. The quantitative estimate of drug-likeness (QED) is 0.149. The smallest absolute Gasteiger partial charge is 0.352 e. The summed E-state index contributed by atoms with van der Waals surface area (Å²) in [5.74, 6) is -2.26. The van der Waals surface area contributed by atoms with Crippen molar-refractivity contribution in [1.82, 2.24) is 24.6 Å². The first-order valence-electron chi connectivity index (χ1n) is 10.2. The minimum absolute atomic E-state index is 0.122. The lowest BCUT2D eigenvalue weighted by Gasteiger charge is -2.49. The molecular weight excluding hydrogens is 500 g/mol. The molecule has 2 aliphatic rings. The molecule has 2 aromatic heterocycles. The molecule has 2 amide bonds. The summed E-state index contributed by atoms with van der Waals surface area (Å²) in [4.78, 5) is 47.8. The van der Waals surface area contributed by atoms with Gasteiger partial charge in [0.1, 0.15) is 35.4 Å². The summed E-state index contributed by atoms with van der Waals surface area (Å²) >= 11 is 2.43. The van der Waals surface area contributed by atoms with Gasteiger partial charge in [-0.1, -0.05) is 5.16 Å². The Balaban J connectivity index is 1.55. The van der Waals surface area contributed by atoms with E-state index in [0.29, 0.717) is 5.57 Å². The van der Waals surface area contributed by atoms with Crippen LogP contribution in [0.25, 0.3) is 0 Å². The number of oxime groups is 1. The van der Waals surface area contributed by atoms with Gasteiger partial charge in [0.15, 0.2) is 10.8 Å². The summed E-state index contributed by atoms with van der Waals surface area (Å²) in [6.07, 6.45) is 1.62. The minimum atomic E-state index is -1.27. The number of aliphatic hydroxyl groups excluding tert-OH is 1. The van der Waals surface area contributed by atoms with Crippen LogP contribution in [0.5, 0.6) is 0 Å². The molecule has 35 heavy (non-hydrogen) atoms. The van der Waals surface area contributed by atoms with Gasteiger partial charge in [0.05, 0.1) is 19.7 Å². The Labute approximate surface area is 206 Å². The molecule has 1 fully saturated rings. The number of nitrogens with one attached hydrogen (secondary N) is 2. The molecule has 2 atom stereocenters. The Morgan fingerprint density at radius 2 is 2.23 bits per heavy atom. The number of carboxylic acids is 1.